The highest BCUT2D eigenvalue weighted by Gasteiger charge is 2.18. The number of hydrogen-bond acceptors (Lipinski definition) is 2. The van der Waals surface area contributed by atoms with Crippen molar-refractivity contribution in [3.05, 3.63) is 55.9 Å². The zero-order chi connectivity index (χ0) is 12.4. The van der Waals surface area contributed by atoms with Crippen LogP contribution in [0.5, 0.6) is 0 Å². The van der Waals surface area contributed by atoms with Gasteiger partial charge in [0.2, 0.25) is 0 Å². The smallest absolute Gasteiger partial charge is 0.129 e. The molecule has 1 aromatic carbocycles. The minimum absolute atomic E-state index is 0.265. The van der Waals surface area contributed by atoms with Crippen molar-refractivity contribution in [3.63, 3.8) is 0 Å². The maximum absolute atomic E-state index is 13.8. The molecule has 1 nitrogen and oxygen atoms in total. The second-order valence-electron chi connectivity index (χ2n) is 3.77. The van der Waals surface area contributed by atoms with E-state index in [0.29, 0.717) is 5.56 Å². The van der Waals surface area contributed by atoms with Gasteiger partial charge in [0, 0.05) is 19.8 Å². The minimum Gasteiger partial charge on any atom is -0.319 e. The lowest BCUT2D eigenvalue weighted by Crippen LogP contribution is -2.12. The molecule has 1 atom stereocenters. The molecule has 0 spiro atoms. The summed E-state index contributed by atoms with van der Waals surface area (Å²) in [7, 11) is 0. The number of thiophene rings is 1. The lowest BCUT2D eigenvalue weighted by atomic mass is 10.1. The third kappa shape index (κ3) is 2.59. The molecular weight excluding hydrogens is 301 g/mol. The van der Waals surface area contributed by atoms with Crippen LogP contribution < -0.4 is 5.73 Å². The summed E-state index contributed by atoms with van der Waals surface area (Å²) in [6.07, 6.45) is 0.982. The fraction of sp³-hybridized carbons (Fsp3) is 0.231. The molecule has 0 fully saturated rings. The van der Waals surface area contributed by atoms with Crippen molar-refractivity contribution in [1.82, 2.24) is 0 Å². The Morgan fingerprint density at radius 2 is 2.12 bits per heavy atom. The number of nitrogens with two attached hydrogens (primary N) is 1. The SMILES string of the molecule is CCc1ccc(C(N)c2c(F)cccc2Br)s1. The molecule has 1 aromatic heterocycles. The average Bonchev–Trinajstić information content (AvgIpc) is 2.77. The van der Waals surface area contributed by atoms with Gasteiger partial charge in [0.15, 0.2) is 0 Å². The van der Waals surface area contributed by atoms with Gasteiger partial charge in [0.1, 0.15) is 5.82 Å². The van der Waals surface area contributed by atoms with Crippen molar-refractivity contribution in [3.8, 4) is 0 Å². The molecule has 0 bridgehead atoms. The molecule has 0 saturated heterocycles. The van der Waals surface area contributed by atoms with Gasteiger partial charge in [0.25, 0.3) is 0 Å². The van der Waals surface area contributed by atoms with Crippen molar-refractivity contribution in [1.29, 1.82) is 0 Å². The van der Waals surface area contributed by atoms with Crippen LogP contribution in [-0.2, 0) is 6.42 Å². The van der Waals surface area contributed by atoms with E-state index in [1.54, 1.807) is 17.4 Å². The molecule has 1 heterocycles. The van der Waals surface area contributed by atoms with Crippen LogP contribution in [0.4, 0.5) is 4.39 Å². The van der Waals surface area contributed by atoms with Crippen LogP contribution in [0.2, 0.25) is 0 Å². The van der Waals surface area contributed by atoms with E-state index in [1.165, 1.54) is 10.9 Å². The van der Waals surface area contributed by atoms with Crippen LogP contribution in [0, 0.1) is 5.82 Å². The maximum Gasteiger partial charge on any atom is 0.129 e. The molecule has 2 rings (SSSR count). The Kier molecular flexibility index (Phi) is 3.97. The molecule has 2 N–H and O–H groups in total. The Balaban J connectivity index is 2.39. The molecule has 90 valence electrons. The summed E-state index contributed by atoms with van der Waals surface area (Å²) in [5.74, 6) is -0.265. The summed E-state index contributed by atoms with van der Waals surface area (Å²) < 4.78 is 14.5. The number of hydrogen-bond donors (Lipinski definition) is 1. The van der Waals surface area contributed by atoms with Gasteiger partial charge in [-0.15, -0.1) is 11.3 Å². The van der Waals surface area contributed by atoms with E-state index < -0.39 is 6.04 Å². The molecule has 0 amide bonds. The third-order valence-electron chi connectivity index (χ3n) is 2.65. The molecule has 4 heteroatoms. The zero-order valence-corrected chi connectivity index (χ0v) is 11.8. The van der Waals surface area contributed by atoms with Gasteiger partial charge in [-0.2, -0.15) is 0 Å². The minimum atomic E-state index is -0.407. The number of aryl methyl sites for hydroxylation is 1. The summed E-state index contributed by atoms with van der Waals surface area (Å²) in [5, 5.41) is 0. The van der Waals surface area contributed by atoms with E-state index in [-0.39, 0.29) is 5.82 Å². The fourth-order valence-electron chi connectivity index (χ4n) is 1.70. The van der Waals surface area contributed by atoms with Crippen molar-refractivity contribution in [2.75, 3.05) is 0 Å². The topological polar surface area (TPSA) is 26.0 Å². The molecule has 0 radical (unpaired) electrons. The first kappa shape index (κ1) is 12.7. The lowest BCUT2D eigenvalue weighted by Gasteiger charge is -2.13. The Hall–Kier alpha value is -0.710. The molecule has 2 aromatic rings. The van der Waals surface area contributed by atoms with Crippen LogP contribution in [0.1, 0.15) is 28.3 Å². The van der Waals surface area contributed by atoms with Crippen LogP contribution in [-0.4, -0.2) is 0 Å². The van der Waals surface area contributed by atoms with Crippen LogP contribution in [0.15, 0.2) is 34.8 Å². The van der Waals surface area contributed by atoms with Gasteiger partial charge < -0.3 is 5.73 Å². The predicted molar refractivity (Wildman–Crippen MR) is 73.8 cm³/mol. The van der Waals surface area contributed by atoms with Crippen molar-refractivity contribution >= 4 is 27.3 Å². The van der Waals surface area contributed by atoms with E-state index >= 15 is 0 Å². The normalized spacial score (nSPS) is 12.7. The Morgan fingerprint density at radius 3 is 2.71 bits per heavy atom. The quantitative estimate of drug-likeness (QED) is 0.900. The first-order valence-corrected chi connectivity index (χ1v) is 7.02. The van der Waals surface area contributed by atoms with Crippen LogP contribution in [0.3, 0.4) is 0 Å². The maximum atomic E-state index is 13.8. The summed E-state index contributed by atoms with van der Waals surface area (Å²) in [6, 6.07) is 8.54. The van der Waals surface area contributed by atoms with E-state index in [1.807, 2.05) is 12.1 Å². The van der Waals surface area contributed by atoms with E-state index in [9.17, 15) is 4.39 Å². The Bertz CT molecular complexity index is 504. The largest absolute Gasteiger partial charge is 0.319 e. The van der Waals surface area contributed by atoms with Crippen LogP contribution >= 0.6 is 27.3 Å². The van der Waals surface area contributed by atoms with Gasteiger partial charge in [0.05, 0.1) is 6.04 Å². The van der Waals surface area contributed by atoms with E-state index in [4.69, 9.17) is 5.73 Å². The second-order valence-corrected chi connectivity index (χ2v) is 5.82. The zero-order valence-electron chi connectivity index (χ0n) is 9.41. The highest BCUT2D eigenvalue weighted by molar-refractivity contribution is 9.10. The summed E-state index contributed by atoms with van der Waals surface area (Å²) in [4.78, 5) is 2.26. The van der Waals surface area contributed by atoms with E-state index in [0.717, 1.165) is 15.8 Å². The Morgan fingerprint density at radius 1 is 1.35 bits per heavy atom. The number of benzene rings is 1. The summed E-state index contributed by atoms with van der Waals surface area (Å²) in [6.45, 7) is 2.10. The summed E-state index contributed by atoms with van der Waals surface area (Å²) >= 11 is 4.99. The number of rotatable bonds is 3. The first-order valence-electron chi connectivity index (χ1n) is 5.41. The first-order chi connectivity index (χ1) is 8.13. The number of halogens is 2. The van der Waals surface area contributed by atoms with Crippen molar-refractivity contribution in [2.45, 2.75) is 19.4 Å². The highest BCUT2D eigenvalue weighted by Crippen LogP contribution is 2.32. The van der Waals surface area contributed by atoms with Gasteiger partial charge in [-0.1, -0.05) is 28.9 Å². The fourth-order valence-corrected chi connectivity index (χ4v) is 3.25. The van der Waals surface area contributed by atoms with Gasteiger partial charge in [-0.05, 0) is 30.7 Å². The predicted octanol–water partition coefficient (Wildman–Crippen LogP) is 4.26. The molecule has 0 saturated carbocycles. The van der Waals surface area contributed by atoms with Gasteiger partial charge >= 0.3 is 0 Å². The highest BCUT2D eigenvalue weighted by atomic mass is 79.9. The van der Waals surface area contributed by atoms with Crippen molar-refractivity contribution < 1.29 is 4.39 Å². The molecule has 1 unspecified atom stereocenters. The van der Waals surface area contributed by atoms with Gasteiger partial charge in [-0.25, -0.2) is 4.39 Å². The molecule has 0 aliphatic carbocycles. The monoisotopic (exact) mass is 313 g/mol. The van der Waals surface area contributed by atoms with E-state index in [2.05, 4.69) is 28.9 Å². The lowest BCUT2D eigenvalue weighted by molar-refractivity contribution is 0.599. The van der Waals surface area contributed by atoms with Gasteiger partial charge in [-0.3, -0.25) is 0 Å². The summed E-state index contributed by atoms with van der Waals surface area (Å²) in [5.41, 5.74) is 6.65. The van der Waals surface area contributed by atoms with Crippen LogP contribution in [0.25, 0.3) is 0 Å². The third-order valence-corrected chi connectivity index (χ3v) is 4.65. The Labute approximate surface area is 113 Å². The molecule has 0 aliphatic heterocycles. The van der Waals surface area contributed by atoms with Crippen molar-refractivity contribution in [2.24, 2.45) is 5.73 Å². The molecular formula is C13H13BrFNS. The second kappa shape index (κ2) is 5.29. The molecule has 17 heavy (non-hydrogen) atoms. The average molecular weight is 314 g/mol. The standard InChI is InChI=1S/C13H13BrFNS/c1-2-8-6-7-11(17-8)13(16)12-9(14)4-3-5-10(12)15/h3-7,13H,2,16H2,1H3. The molecule has 0 aliphatic rings.